The Morgan fingerprint density at radius 1 is 0.966 bits per heavy atom. The molecule has 2 aliphatic heterocycles. The van der Waals surface area contributed by atoms with Gasteiger partial charge in [0.2, 0.25) is 11.8 Å². The summed E-state index contributed by atoms with van der Waals surface area (Å²) in [6.45, 7) is 2.22. The summed E-state index contributed by atoms with van der Waals surface area (Å²) >= 11 is 0. The summed E-state index contributed by atoms with van der Waals surface area (Å²) in [6, 6.07) is 1.68. The second kappa shape index (κ2) is 7.76. The van der Waals surface area contributed by atoms with Crippen molar-refractivity contribution in [1.29, 1.82) is 0 Å². The Morgan fingerprint density at radius 3 is 2.52 bits per heavy atom. The molecular formula is C22H29N5O2. The van der Waals surface area contributed by atoms with E-state index in [1.54, 1.807) is 12.4 Å². The number of rotatable bonds is 3. The Kier molecular flexibility index (Phi) is 4.97. The summed E-state index contributed by atoms with van der Waals surface area (Å²) in [5.41, 5.74) is 1.91. The number of pyridine rings is 1. The van der Waals surface area contributed by atoms with Crippen molar-refractivity contribution in [2.45, 2.75) is 63.3 Å². The van der Waals surface area contributed by atoms with Gasteiger partial charge < -0.3 is 14.8 Å². The molecule has 0 radical (unpaired) electrons. The van der Waals surface area contributed by atoms with Gasteiger partial charge in [-0.2, -0.15) is 0 Å². The lowest BCUT2D eigenvalue weighted by Gasteiger charge is -2.35. The van der Waals surface area contributed by atoms with Crippen LogP contribution >= 0.6 is 0 Å². The molecule has 2 aromatic heterocycles. The van der Waals surface area contributed by atoms with E-state index in [2.05, 4.69) is 9.97 Å². The lowest BCUT2D eigenvalue weighted by Crippen LogP contribution is -2.50. The monoisotopic (exact) mass is 395 g/mol. The van der Waals surface area contributed by atoms with Gasteiger partial charge in [0, 0.05) is 37.7 Å². The molecule has 1 saturated carbocycles. The lowest BCUT2D eigenvalue weighted by atomic mass is 9.95. The maximum absolute atomic E-state index is 13.2. The predicted molar refractivity (Wildman–Crippen MR) is 109 cm³/mol. The molecule has 0 aromatic carbocycles. The molecule has 2 aromatic rings. The number of nitrogens with one attached hydrogen (secondary N) is 1. The molecule has 1 unspecified atom stereocenters. The number of nitrogens with zero attached hydrogens (tertiary/aromatic N) is 4. The van der Waals surface area contributed by atoms with Gasteiger partial charge in [0.15, 0.2) is 0 Å². The highest BCUT2D eigenvalue weighted by molar-refractivity contribution is 5.89. The SMILES string of the molecule is O=C(C1CCCN1C(=O)C1CCCC1)N1CCC(c2nc3ccncc3[nH]2)CC1. The summed E-state index contributed by atoms with van der Waals surface area (Å²) in [5.74, 6) is 1.87. The molecule has 0 spiro atoms. The Bertz CT molecular complexity index is 862. The van der Waals surface area contributed by atoms with Crippen LogP contribution in [0.4, 0.5) is 0 Å². The van der Waals surface area contributed by atoms with Gasteiger partial charge in [-0.05, 0) is 44.6 Å². The van der Waals surface area contributed by atoms with Gasteiger partial charge in [0.05, 0.1) is 17.2 Å². The highest BCUT2D eigenvalue weighted by Crippen LogP contribution is 2.32. The van der Waals surface area contributed by atoms with E-state index in [1.165, 1.54) is 0 Å². The number of aromatic nitrogens is 3. The van der Waals surface area contributed by atoms with Gasteiger partial charge in [-0.1, -0.05) is 12.8 Å². The molecule has 1 aliphatic carbocycles. The van der Waals surface area contributed by atoms with E-state index in [-0.39, 0.29) is 23.8 Å². The molecule has 4 heterocycles. The summed E-state index contributed by atoms with van der Waals surface area (Å²) in [7, 11) is 0. The quantitative estimate of drug-likeness (QED) is 0.866. The van der Waals surface area contributed by atoms with Crippen LogP contribution in [-0.2, 0) is 9.59 Å². The zero-order valence-corrected chi connectivity index (χ0v) is 16.8. The molecule has 3 aliphatic rings. The van der Waals surface area contributed by atoms with E-state index >= 15 is 0 Å². The molecule has 0 bridgehead atoms. The number of H-pyrrole nitrogens is 1. The summed E-state index contributed by atoms with van der Waals surface area (Å²) in [6.07, 6.45) is 11.4. The number of carbonyl (C=O) groups is 2. The maximum Gasteiger partial charge on any atom is 0.245 e. The second-order valence-corrected chi connectivity index (χ2v) is 8.79. The zero-order valence-electron chi connectivity index (χ0n) is 16.8. The van der Waals surface area contributed by atoms with Crippen LogP contribution in [0.5, 0.6) is 0 Å². The van der Waals surface area contributed by atoms with Crippen molar-refractivity contribution >= 4 is 22.8 Å². The molecule has 29 heavy (non-hydrogen) atoms. The van der Waals surface area contributed by atoms with Crippen molar-refractivity contribution in [3.05, 3.63) is 24.3 Å². The minimum absolute atomic E-state index is 0.150. The number of imidazole rings is 1. The van der Waals surface area contributed by atoms with Crippen LogP contribution in [0.3, 0.4) is 0 Å². The smallest absolute Gasteiger partial charge is 0.245 e. The van der Waals surface area contributed by atoms with E-state index in [0.29, 0.717) is 5.92 Å². The molecule has 154 valence electrons. The summed E-state index contributed by atoms with van der Waals surface area (Å²) in [5, 5.41) is 0. The van der Waals surface area contributed by atoms with Gasteiger partial charge in [0.25, 0.3) is 0 Å². The van der Waals surface area contributed by atoms with Gasteiger partial charge in [0.1, 0.15) is 11.9 Å². The third-order valence-electron chi connectivity index (χ3n) is 7.02. The minimum Gasteiger partial charge on any atom is -0.341 e. The van der Waals surface area contributed by atoms with Crippen LogP contribution < -0.4 is 0 Å². The second-order valence-electron chi connectivity index (χ2n) is 8.79. The van der Waals surface area contributed by atoms with Crippen LogP contribution in [0.15, 0.2) is 18.5 Å². The van der Waals surface area contributed by atoms with Crippen LogP contribution in [0.25, 0.3) is 11.0 Å². The molecule has 2 saturated heterocycles. The largest absolute Gasteiger partial charge is 0.341 e. The lowest BCUT2D eigenvalue weighted by molar-refractivity contribution is -0.146. The number of hydrogen-bond acceptors (Lipinski definition) is 4. The maximum atomic E-state index is 13.2. The molecule has 7 heteroatoms. The molecular weight excluding hydrogens is 366 g/mol. The summed E-state index contributed by atoms with van der Waals surface area (Å²) < 4.78 is 0. The molecule has 3 fully saturated rings. The van der Waals surface area contributed by atoms with E-state index in [1.807, 2.05) is 15.9 Å². The van der Waals surface area contributed by atoms with Crippen molar-refractivity contribution in [3.8, 4) is 0 Å². The Hall–Kier alpha value is -2.44. The average Bonchev–Trinajstić information content (AvgIpc) is 3.53. The van der Waals surface area contributed by atoms with Gasteiger partial charge in [-0.25, -0.2) is 4.98 Å². The first kappa shape index (κ1) is 18.6. The van der Waals surface area contributed by atoms with Crippen molar-refractivity contribution in [2.24, 2.45) is 5.92 Å². The highest BCUT2D eigenvalue weighted by atomic mass is 16.2. The number of fused-ring (bicyclic) bond motifs is 1. The van der Waals surface area contributed by atoms with Gasteiger partial charge in [-0.3, -0.25) is 14.6 Å². The van der Waals surface area contributed by atoms with Crippen molar-refractivity contribution in [1.82, 2.24) is 24.8 Å². The van der Waals surface area contributed by atoms with Crippen molar-refractivity contribution in [3.63, 3.8) is 0 Å². The number of aromatic amines is 1. The number of likely N-dealkylation sites (tertiary alicyclic amines) is 2. The minimum atomic E-state index is -0.239. The number of carbonyl (C=O) groups excluding carboxylic acids is 2. The third kappa shape index (κ3) is 3.51. The van der Waals surface area contributed by atoms with Crippen LogP contribution in [0.2, 0.25) is 0 Å². The fourth-order valence-corrected chi connectivity index (χ4v) is 5.35. The Morgan fingerprint density at radius 2 is 1.76 bits per heavy atom. The van der Waals surface area contributed by atoms with Crippen LogP contribution in [0.1, 0.15) is 63.1 Å². The normalized spacial score (nSPS) is 23.9. The van der Waals surface area contributed by atoms with Gasteiger partial charge >= 0.3 is 0 Å². The van der Waals surface area contributed by atoms with Gasteiger partial charge in [-0.15, -0.1) is 0 Å². The van der Waals surface area contributed by atoms with Crippen molar-refractivity contribution < 1.29 is 9.59 Å². The van der Waals surface area contributed by atoms with E-state index < -0.39 is 0 Å². The first-order valence-electron chi connectivity index (χ1n) is 11.1. The number of hydrogen-bond donors (Lipinski definition) is 1. The fraction of sp³-hybridized carbons (Fsp3) is 0.636. The Labute approximate surface area is 170 Å². The van der Waals surface area contributed by atoms with Crippen molar-refractivity contribution in [2.75, 3.05) is 19.6 Å². The van der Waals surface area contributed by atoms with Crippen LogP contribution in [0, 0.1) is 5.92 Å². The fourth-order valence-electron chi connectivity index (χ4n) is 5.35. The first-order valence-corrected chi connectivity index (χ1v) is 11.1. The molecule has 1 atom stereocenters. The molecule has 7 nitrogen and oxygen atoms in total. The van der Waals surface area contributed by atoms with E-state index in [4.69, 9.17) is 4.98 Å². The average molecular weight is 396 g/mol. The highest BCUT2D eigenvalue weighted by Gasteiger charge is 2.40. The standard InChI is InChI=1S/C22H29N5O2/c28-21(16-4-1-2-5-16)27-11-3-6-19(27)22(29)26-12-8-15(9-13-26)20-24-17-7-10-23-14-18(17)25-20/h7,10,14-16,19H,1-6,8-9,11-13H2,(H,24,25). The predicted octanol–water partition coefficient (Wildman–Crippen LogP) is 2.85. The third-order valence-corrected chi connectivity index (χ3v) is 7.02. The van der Waals surface area contributed by atoms with Crippen LogP contribution in [-0.4, -0.2) is 62.2 Å². The first-order chi connectivity index (χ1) is 14.2. The molecule has 5 rings (SSSR count). The number of piperidine rings is 1. The van der Waals surface area contributed by atoms with E-state index in [9.17, 15) is 9.59 Å². The summed E-state index contributed by atoms with van der Waals surface area (Å²) in [4.78, 5) is 42.2. The number of amides is 2. The molecule has 2 amide bonds. The Balaban J connectivity index is 1.22. The zero-order chi connectivity index (χ0) is 19.8. The topological polar surface area (TPSA) is 82.2 Å². The molecule has 1 N–H and O–H groups in total. The van der Waals surface area contributed by atoms with E-state index in [0.717, 1.165) is 87.9 Å².